The van der Waals surface area contributed by atoms with Crippen LogP contribution in [0, 0.1) is 11.8 Å². The highest BCUT2D eigenvalue weighted by atomic mass is 28.4. The summed E-state index contributed by atoms with van der Waals surface area (Å²) in [6.45, 7) is 10.2. The highest BCUT2D eigenvalue weighted by Crippen LogP contribution is 2.47. The predicted octanol–water partition coefficient (Wildman–Crippen LogP) is 1.86. The number of carbonyl (C=O) groups is 3. The number of hydrogen-bond donors (Lipinski definition) is 0. The molecule has 0 aromatic carbocycles. The number of esters is 2. The van der Waals surface area contributed by atoms with Crippen molar-refractivity contribution in [2.24, 2.45) is 11.8 Å². The highest BCUT2D eigenvalue weighted by molar-refractivity contribution is 6.74. The molecule has 0 N–H and O–H groups in total. The van der Waals surface area contributed by atoms with Crippen LogP contribution in [0.4, 0.5) is 0 Å². The molecular weight excluding hydrogens is 356 g/mol. The molecule has 1 fully saturated rings. The van der Waals surface area contributed by atoms with Gasteiger partial charge in [-0.3, -0.25) is 14.4 Å². The molecule has 2 aliphatic rings. The first-order valence-electron chi connectivity index (χ1n) is 8.61. The molecule has 26 heavy (non-hydrogen) atoms. The Morgan fingerprint density at radius 2 is 1.77 bits per heavy atom. The Kier molecular flexibility index (Phi) is 5.52. The summed E-state index contributed by atoms with van der Waals surface area (Å²) in [7, 11) is 0.241. The summed E-state index contributed by atoms with van der Waals surface area (Å²) in [5.74, 6) is -3.75. The molecule has 146 valence electrons. The first-order chi connectivity index (χ1) is 11.9. The van der Waals surface area contributed by atoms with Gasteiger partial charge < -0.3 is 18.6 Å². The number of rotatable bonds is 5. The van der Waals surface area contributed by atoms with Crippen LogP contribution in [0.1, 0.15) is 20.8 Å². The van der Waals surface area contributed by atoms with Gasteiger partial charge in [0.25, 0.3) is 0 Å². The molecule has 2 rings (SSSR count). The summed E-state index contributed by atoms with van der Waals surface area (Å²) in [4.78, 5) is 37.6. The molecule has 0 aromatic heterocycles. The van der Waals surface area contributed by atoms with Gasteiger partial charge in [0.15, 0.2) is 19.7 Å². The Morgan fingerprint density at radius 1 is 1.19 bits per heavy atom. The summed E-state index contributed by atoms with van der Waals surface area (Å²) in [6, 6.07) is 0. The summed E-state index contributed by atoms with van der Waals surface area (Å²) in [5.41, 5.74) is -1.57. The van der Waals surface area contributed by atoms with Gasteiger partial charge >= 0.3 is 11.9 Å². The summed E-state index contributed by atoms with van der Waals surface area (Å²) >= 11 is 0. The monoisotopic (exact) mass is 384 g/mol. The van der Waals surface area contributed by atoms with Crippen LogP contribution in [0.2, 0.25) is 18.1 Å². The standard InChI is InChI=1S/C18H28O7Si/c1-17(2,3)26(6,7)24-10-18-12(19)9-8-11(25-18)13(15(20)22-4)14(18)16(21)23-5/h8-9,11,13-14H,10H2,1-7H3/t11-,13+,14+,18+/m0/s1. The average molecular weight is 385 g/mol. The number of ether oxygens (including phenoxy) is 3. The number of methoxy groups -OCH3 is 2. The van der Waals surface area contributed by atoms with E-state index in [9.17, 15) is 14.4 Å². The molecule has 0 saturated carbocycles. The molecule has 0 aromatic rings. The minimum atomic E-state index is -2.22. The van der Waals surface area contributed by atoms with Crippen molar-refractivity contribution in [3.05, 3.63) is 12.2 Å². The topological polar surface area (TPSA) is 88.1 Å². The van der Waals surface area contributed by atoms with Gasteiger partial charge in [0, 0.05) is 0 Å². The van der Waals surface area contributed by atoms with Gasteiger partial charge in [0.2, 0.25) is 0 Å². The molecule has 0 unspecified atom stereocenters. The van der Waals surface area contributed by atoms with E-state index in [2.05, 4.69) is 20.8 Å². The van der Waals surface area contributed by atoms with E-state index in [1.165, 1.54) is 26.4 Å². The van der Waals surface area contributed by atoms with Crippen molar-refractivity contribution in [2.45, 2.75) is 50.6 Å². The number of fused-ring (bicyclic) bond motifs is 2. The summed E-state index contributed by atoms with van der Waals surface area (Å²) < 4.78 is 21.9. The first kappa shape index (κ1) is 20.8. The Hall–Kier alpha value is -1.51. The molecule has 7 nitrogen and oxygen atoms in total. The average Bonchev–Trinajstić information content (AvgIpc) is 2.85. The number of carbonyl (C=O) groups excluding carboxylic acids is 3. The molecule has 2 bridgehead atoms. The zero-order valence-corrected chi connectivity index (χ0v) is 17.5. The van der Waals surface area contributed by atoms with E-state index < -0.39 is 49.6 Å². The normalized spacial score (nSPS) is 31.0. The summed E-state index contributed by atoms with van der Waals surface area (Å²) in [6.07, 6.45) is 2.13. The Morgan fingerprint density at radius 3 is 2.27 bits per heavy atom. The third-order valence-electron chi connectivity index (χ3n) is 5.80. The van der Waals surface area contributed by atoms with E-state index in [1.54, 1.807) is 0 Å². The first-order valence-corrected chi connectivity index (χ1v) is 11.5. The second-order valence-corrected chi connectivity index (χ2v) is 13.1. The summed E-state index contributed by atoms with van der Waals surface area (Å²) in [5, 5.41) is -0.0856. The van der Waals surface area contributed by atoms with E-state index in [4.69, 9.17) is 18.6 Å². The fourth-order valence-electron chi connectivity index (χ4n) is 3.13. The Balaban J connectivity index is 2.44. The van der Waals surface area contributed by atoms with Gasteiger partial charge in [-0.15, -0.1) is 0 Å². The zero-order chi connectivity index (χ0) is 19.9. The zero-order valence-electron chi connectivity index (χ0n) is 16.5. The molecule has 0 amide bonds. The quantitative estimate of drug-likeness (QED) is 0.528. The van der Waals surface area contributed by atoms with Gasteiger partial charge in [0.1, 0.15) is 11.8 Å². The molecule has 8 heteroatoms. The van der Waals surface area contributed by atoms with Gasteiger partial charge in [-0.2, -0.15) is 0 Å². The fourth-order valence-corrected chi connectivity index (χ4v) is 4.14. The maximum absolute atomic E-state index is 12.8. The van der Waals surface area contributed by atoms with Crippen LogP contribution >= 0.6 is 0 Å². The SMILES string of the molecule is COC(=O)[C@@H]1[C@@H]2C=CC(=O)[C@@](CO[Si](C)(C)C(C)(C)C)(O2)[C@H]1C(=O)OC. The Bertz CT molecular complexity index is 634. The molecule has 0 spiro atoms. The second-order valence-electron chi connectivity index (χ2n) is 8.29. The van der Waals surface area contributed by atoms with E-state index in [1.807, 2.05) is 13.1 Å². The van der Waals surface area contributed by atoms with Gasteiger partial charge in [-0.1, -0.05) is 26.8 Å². The van der Waals surface area contributed by atoms with Gasteiger partial charge in [0.05, 0.1) is 26.9 Å². The Labute approximate surface area is 155 Å². The number of hydrogen-bond acceptors (Lipinski definition) is 7. The molecule has 0 aliphatic carbocycles. The fraction of sp³-hybridized carbons (Fsp3) is 0.722. The van der Waals surface area contributed by atoms with Crippen molar-refractivity contribution in [3.8, 4) is 0 Å². The van der Waals surface area contributed by atoms with Crippen molar-refractivity contribution < 1.29 is 33.0 Å². The van der Waals surface area contributed by atoms with Crippen LogP contribution in [0.5, 0.6) is 0 Å². The molecule has 2 heterocycles. The van der Waals surface area contributed by atoms with E-state index in [-0.39, 0.29) is 11.6 Å². The second kappa shape index (κ2) is 6.90. The van der Waals surface area contributed by atoms with Gasteiger partial charge in [-0.25, -0.2) is 0 Å². The third-order valence-corrected chi connectivity index (χ3v) is 10.3. The minimum Gasteiger partial charge on any atom is -0.469 e. The highest BCUT2D eigenvalue weighted by Gasteiger charge is 2.66. The largest absolute Gasteiger partial charge is 0.469 e. The van der Waals surface area contributed by atoms with Crippen molar-refractivity contribution in [2.75, 3.05) is 20.8 Å². The van der Waals surface area contributed by atoms with E-state index in [0.29, 0.717) is 0 Å². The van der Waals surface area contributed by atoms with Crippen LogP contribution in [-0.4, -0.2) is 58.6 Å². The molecule has 4 atom stereocenters. The van der Waals surface area contributed by atoms with Crippen molar-refractivity contribution in [1.29, 1.82) is 0 Å². The minimum absolute atomic E-state index is 0.0856. The lowest BCUT2D eigenvalue weighted by atomic mass is 9.79. The van der Waals surface area contributed by atoms with Crippen molar-refractivity contribution in [3.63, 3.8) is 0 Å². The molecular formula is C18H28O7Si. The van der Waals surface area contributed by atoms with Crippen LogP contribution in [-0.2, 0) is 33.0 Å². The molecule has 1 saturated heterocycles. The lowest BCUT2D eigenvalue weighted by molar-refractivity contribution is -0.165. The maximum Gasteiger partial charge on any atom is 0.313 e. The van der Waals surface area contributed by atoms with Crippen LogP contribution in [0.15, 0.2) is 12.2 Å². The lowest BCUT2D eigenvalue weighted by Crippen LogP contribution is -2.55. The van der Waals surface area contributed by atoms with E-state index in [0.717, 1.165) is 0 Å². The number of ketones is 1. The smallest absolute Gasteiger partial charge is 0.313 e. The molecule has 2 aliphatic heterocycles. The van der Waals surface area contributed by atoms with Crippen molar-refractivity contribution >= 4 is 26.0 Å². The predicted molar refractivity (Wildman–Crippen MR) is 95.9 cm³/mol. The molecule has 0 radical (unpaired) electrons. The van der Waals surface area contributed by atoms with Gasteiger partial charge in [-0.05, 0) is 24.2 Å². The van der Waals surface area contributed by atoms with Crippen molar-refractivity contribution in [1.82, 2.24) is 0 Å². The van der Waals surface area contributed by atoms with E-state index >= 15 is 0 Å². The lowest BCUT2D eigenvalue weighted by Gasteiger charge is -2.40. The third kappa shape index (κ3) is 3.25. The van der Waals surface area contributed by atoms with Crippen LogP contribution < -0.4 is 0 Å². The maximum atomic E-state index is 12.8. The van der Waals surface area contributed by atoms with Crippen LogP contribution in [0.3, 0.4) is 0 Å². The van der Waals surface area contributed by atoms with Crippen LogP contribution in [0.25, 0.3) is 0 Å².